The molecule has 6 heteroatoms. The third-order valence-corrected chi connectivity index (χ3v) is 1.90. The fraction of sp³-hybridized carbons (Fsp3) is 0.333. The second-order valence-corrected chi connectivity index (χ2v) is 2.98. The number of hydrogen-bond acceptors (Lipinski definition) is 3. The second-order valence-electron chi connectivity index (χ2n) is 2.98. The molecular weight excluding hydrogens is 206 g/mol. The Kier molecular flexibility index (Phi) is 3.31. The van der Waals surface area contributed by atoms with Crippen LogP contribution in [-0.4, -0.2) is 16.1 Å². The molecule has 0 saturated carbocycles. The van der Waals surface area contributed by atoms with E-state index >= 15 is 0 Å². The van der Waals surface area contributed by atoms with Crippen molar-refractivity contribution in [2.45, 2.75) is 19.9 Å². The lowest BCUT2D eigenvalue weighted by atomic mass is 10.1. The van der Waals surface area contributed by atoms with E-state index in [1.165, 1.54) is 6.92 Å². The first-order chi connectivity index (χ1) is 6.97. The van der Waals surface area contributed by atoms with Crippen LogP contribution in [0.15, 0.2) is 6.07 Å². The Balaban J connectivity index is 3.47. The minimum atomic E-state index is -2.84. The van der Waals surface area contributed by atoms with Gasteiger partial charge in [0.05, 0.1) is 11.3 Å². The topological polar surface area (TPSA) is 76.2 Å². The van der Waals surface area contributed by atoms with E-state index in [9.17, 15) is 13.6 Å². The Morgan fingerprint density at radius 3 is 2.67 bits per heavy atom. The van der Waals surface area contributed by atoms with Gasteiger partial charge in [-0.2, -0.15) is 0 Å². The van der Waals surface area contributed by atoms with Crippen molar-refractivity contribution in [1.82, 2.24) is 4.98 Å². The highest BCUT2D eigenvalue weighted by Gasteiger charge is 2.22. The molecule has 3 N–H and O–H groups in total. The quantitative estimate of drug-likeness (QED) is 0.802. The Morgan fingerprint density at radius 2 is 2.27 bits per heavy atom. The van der Waals surface area contributed by atoms with Crippen molar-refractivity contribution in [3.63, 3.8) is 0 Å². The maximum atomic E-state index is 12.6. The molecule has 0 unspecified atom stereocenters. The summed E-state index contributed by atoms with van der Waals surface area (Å²) in [6.45, 7) is 1.33. The summed E-state index contributed by atoms with van der Waals surface area (Å²) in [5.74, 6) is -1.43. The van der Waals surface area contributed by atoms with Crippen LogP contribution in [0.5, 0.6) is 0 Å². The third kappa shape index (κ3) is 2.27. The van der Waals surface area contributed by atoms with Crippen LogP contribution in [0.1, 0.15) is 33.7 Å². The Morgan fingerprint density at radius 1 is 1.67 bits per heavy atom. The van der Waals surface area contributed by atoms with Crippen molar-refractivity contribution in [2.24, 2.45) is 5.73 Å². The molecule has 1 aromatic rings. The zero-order valence-corrected chi connectivity index (χ0v) is 8.00. The van der Waals surface area contributed by atoms with Gasteiger partial charge in [-0.3, -0.25) is 4.98 Å². The summed E-state index contributed by atoms with van der Waals surface area (Å²) in [6.07, 6.45) is -2.84. The van der Waals surface area contributed by atoms with Gasteiger partial charge in [0, 0.05) is 17.8 Å². The van der Waals surface area contributed by atoms with Gasteiger partial charge in [0.25, 0.3) is 6.43 Å². The van der Waals surface area contributed by atoms with Gasteiger partial charge in [0.1, 0.15) is 0 Å². The highest BCUT2D eigenvalue weighted by atomic mass is 19.3. The molecule has 0 saturated heterocycles. The van der Waals surface area contributed by atoms with E-state index in [2.05, 4.69) is 4.98 Å². The number of alkyl halides is 2. The number of carbonyl (C=O) groups is 1. The molecule has 0 aromatic carbocycles. The van der Waals surface area contributed by atoms with Gasteiger partial charge in [-0.25, -0.2) is 13.6 Å². The van der Waals surface area contributed by atoms with Crippen LogP contribution in [0, 0.1) is 6.92 Å². The number of halogens is 2. The minimum absolute atomic E-state index is 0.0159. The normalized spacial score (nSPS) is 10.7. The second kappa shape index (κ2) is 4.31. The third-order valence-electron chi connectivity index (χ3n) is 1.90. The number of rotatable bonds is 3. The molecule has 0 radical (unpaired) electrons. The first-order valence-corrected chi connectivity index (χ1v) is 4.19. The van der Waals surface area contributed by atoms with Crippen molar-refractivity contribution in [3.8, 4) is 0 Å². The zero-order chi connectivity index (χ0) is 11.6. The molecule has 82 valence electrons. The van der Waals surface area contributed by atoms with E-state index in [1.807, 2.05) is 0 Å². The Labute approximate surface area is 84.7 Å². The highest BCUT2D eigenvalue weighted by Crippen LogP contribution is 2.25. The Hall–Kier alpha value is -1.56. The number of aromatic nitrogens is 1. The van der Waals surface area contributed by atoms with E-state index in [-0.39, 0.29) is 12.2 Å². The summed E-state index contributed by atoms with van der Waals surface area (Å²) in [6, 6.07) is 1.06. The fourth-order valence-electron chi connectivity index (χ4n) is 1.33. The van der Waals surface area contributed by atoms with Gasteiger partial charge in [0.15, 0.2) is 0 Å². The van der Waals surface area contributed by atoms with Crippen molar-refractivity contribution in [1.29, 1.82) is 0 Å². The molecule has 0 fully saturated rings. The number of aryl methyl sites for hydroxylation is 1. The molecular formula is C9H10F2N2O2. The monoisotopic (exact) mass is 216 g/mol. The smallest absolute Gasteiger partial charge is 0.338 e. The van der Waals surface area contributed by atoms with Gasteiger partial charge >= 0.3 is 5.97 Å². The predicted molar refractivity (Wildman–Crippen MR) is 48.8 cm³/mol. The molecule has 15 heavy (non-hydrogen) atoms. The van der Waals surface area contributed by atoms with Crippen LogP contribution in [0.25, 0.3) is 0 Å². The molecule has 0 atom stereocenters. The molecule has 0 bridgehead atoms. The molecule has 1 rings (SSSR count). The number of carboxylic acids is 1. The van der Waals surface area contributed by atoms with Crippen LogP contribution in [0.3, 0.4) is 0 Å². The predicted octanol–water partition coefficient (Wildman–Crippen LogP) is 1.48. The first-order valence-electron chi connectivity index (χ1n) is 4.19. The first kappa shape index (κ1) is 11.5. The summed E-state index contributed by atoms with van der Waals surface area (Å²) in [5, 5.41) is 8.79. The molecule has 0 aliphatic carbocycles. The molecule has 0 aliphatic rings. The summed E-state index contributed by atoms with van der Waals surface area (Å²) < 4.78 is 25.1. The van der Waals surface area contributed by atoms with Gasteiger partial charge in [-0.15, -0.1) is 0 Å². The molecule has 0 amide bonds. The maximum absolute atomic E-state index is 12.6. The average Bonchev–Trinajstić information content (AvgIpc) is 2.15. The van der Waals surface area contributed by atoms with Gasteiger partial charge in [-0.1, -0.05) is 0 Å². The summed E-state index contributed by atoms with van der Waals surface area (Å²) >= 11 is 0. The summed E-state index contributed by atoms with van der Waals surface area (Å²) in [7, 11) is 0. The number of hydrogen-bond donors (Lipinski definition) is 2. The lowest BCUT2D eigenvalue weighted by Gasteiger charge is -2.10. The van der Waals surface area contributed by atoms with Gasteiger partial charge in [0.2, 0.25) is 0 Å². The number of carboxylic acid groups (broad SMARTS) is 1. The van der Waals surface area contributed by atoms with Crippen molar-refractivity contribution in [3.05, 3.63) is 28.6 Å². The van der Waals surface area contributed by atoms with Gasteiger partial charge in [-0.05, 0) is 13.0 Å². The number of aromatic carboxylic acids is 1. The number of nitrogens with zero attached hydrogens (tertiary/aromatic N) is 1. The largest absolute Gasteiger partial charge is 0.478 e. The van der Waals surface area contributed by atoms with E-state index in [0.717, 1.165) is 6.07 Å². The zero-order valence-electron chi connectivity index (χ0n) is 8.00. The van der Waals surface area contributed by atoms with Crippen LogP contribution < -0.4 is 5.73 Å². The molecule has 0 aliphatic heterocycles. The van der Waals surface area contributed by atoms with Gasteiger partial charge < -0.3 is 10.8 Å². The summed E-state index contributed by atoms with van der Waals surface area (Å²) in [4.78, 5) is 14.6. The number of nitrogens with two attached hydrogens (primary N) is 1. The van der Waals surface area contributed by atoms with Crippen LogP contribution in [0.2, 0.25) is 0 Å². The fourth-order valence-corrected chi connectivity index (χ4v) is 1.33. The molecule has 0 spiro atoms. The SMILES string of the molecule is Cc1cc(C(F)F)c(C(=O)O)c(CN)n1. The maximum Gasteiger partial charge on any atom is 0.338 e. The van der Waals surface area contributed by atoms with E-state index in [1.54, 1.807) is 0 Å². The highest BCUT2D eigenvalue weighted by molar-refractivity contribution is 5.90. The number of pyridine rings is 1. The van der Waals surface area contributed by atoms with Crippen LogP contribution in [0.4, 0.5) is 8.78 Å². The van der Waals surface area contributed by atoms with Crippen LogP contribution in [-0.2, 0) is 6.54 Å². The van der Waals surface area contributed by atoms with E-state index in [4.69, 9.17) is 10.8 Å². The molecule has 4 nitrogen and oxygen atoms in total. The van der Waals surface area contributed by atoms with Crippen molar-refractivity contribution < 1.29 is 18.7 Å². The summed E-state index contributed by atoms with van der Waals surface area (Å²) in [5.41, 5.74) is 4.55. The molecule has 1 heterocycles. The minimum Gasteiger partial charge on any atom is -0.478 e. The average molecular weight is 216 g/mol. The Bertz CT molecular complexity index is 394. The van der Waals surface area contributed by atoms with E-state index in [0.29, 0.717) is 5.69 Å². The lowest BCUT2D eigenvalue weighted by Crippen LogP contribution is -2.14. The lowest BCUT2D eigenvalue weighted by molar-refractivity contribution is 0.0682. The van der Waals surface area contributed by atoms with Crippen molar-refractivity contribution in [2.75, 3.05) is 0 Å². The standard InChI is InChI=1S/C9H10F2N2O2/c1-4-2-5(8(10)11)7(9(14)15)6(3-12)13-4/h2,8H,3,12H2,1H3,(H,14,15). The van der Waals surface area contributed by atoms with E-state index < -0.39 is 23.5 Å². The van der Waals surface area contributed by atoms with Crippen LogP contribution >= 0.6 is 0 Å². The molecule has 1 aromatic heterocycles. The van der Waals surface area contributed by atoms with Crippen molar-refractivity contribution >= 4 is 5.97 Å².